The summed E-state index contributed by atoms with van der Waals surface area (Å²) in [5.41, 5.74) is 0. The van der Waals surface area contributed by atoms with E-state index in [1.165, 1.54) is 0 Å². The van der Waals surface area contributed by atoms with Gasteiger partial charge >= 0.3 is 6.03 Å². The molecular weight excluding hydrogens is 296 g/mol. The molecule has 1 unspecified atom stereocenters. The Kier molecular flexibility index (Phi) is 4.56. The van der Waals surface area contributed by atoms with Gasteiger partial charge in [-0.1, -0.05) is 6.07 Å². The van der Waals surface area contributed by atoms with Crippen molar-refractivity contribution >= 4 is 17.8 Å². The highest BCUT2D eigenvalue weighted by Crippen LogP contribution is 2.19. The molecule has 0 radical (unpaired) electrons. The zero-order valence-corrected chi connectivity index (χ0v) is 12.6. The molecule has 2 N–H and O–H groups in total. The van der Waals surface area contributed by atoms with E-state index in [0.717, 1.165) is 6.42 Å². The fourth-order valence-corrected chi connectivity index (χ4v) is 2.61. The monoisotopic (exact) mass is 314 g/mol. The normalized spacial score (nSPS) is 17.0. The van der Waals surface area contributed by atoms with Crippen LogP contribution in [0.2, 0.25) is 0 Å². The molecule has 1 fully saturated rings. The van der Waals surface area contributed by atoms with Gasteiger partial charge in [0.05, 0.1) is 12.8 Å². The number of nitrogens with one attached hydrogen (secondary N) is 2. The van der Waals surface area contributed by atoms with Gasteiger partial charge in [0.15, 0.2) is 0 Å². The number of aromatic nitrogens is 1. The van der Waals surface area contributed by atoms with E-state index < -0.39 is 6.04 Å². The highest BCUT2D eigenvalue weighted by molar-refractivity contribution is 5.93. The van der Waals surface area contributed by atoms with Crippen LogP contribution in [0.15, 0.2) is 47.2 Å². The maximum atomic E-state index is 12.3. The van der Waals surface area contributed by atoms with Gasteiger partial charge in [0.25, 0.3) is 0 Å². The molecule has 3 heterocycles. The largest absolute Gasteiger partial charge is 0.467 e. The lowest BCUT2D eigenvalue weighted by Crippen LogP contribution is -2.47. The number of carbonyl (C=O) groups is 2. The van der Waals surface area contributed by atoms with E-state index in [-0.39, 0.29) is 11.9 Å². The number of likely N-dealkylation sites (tertiary alicyclic amines) is 1. The molecule has 7 heteroatoms. The van der Waals surface area contributed by atoms with Gasteiger partial charge in [-0.2, -0.15) is 0 Å². The second kappa shape index (κ2) is 6.95. The number of rotatable bonds is 4. The van der Waals surface area contributed by atoms with E-state index in [1.54, 1.807) is 47.7 Å². The first-order valence-corrected chi connectivity index (χ1v) is 7.53. The van der Waals surface area contributed by atoms with Gasteiger partial charge < -0.3 is 14.6 Å². The smallest absolute Gasteiger partial charge is 0.323 e. The van der Waals surface area contributed by atoms with Crippen LogP contribution in [0.25, 0.3) is 0 Å². The second-order valence-corrected chi connectivity index (χ2v) is 5.29. The second-order valence-electron chi connectivity index (χ2n) is 5.29. The van der Waals surface area contributed by atoms with Crippen molar-refractivity contribution in [2.24, 2.45) is 0 Å². The minimum Gasteiger partial charge on any atom is -0.467 e. The third-order valence-corrected chi connectivity index (χ3v) is 3.73. The first-order chi connectivity index (χ1) is 11.2. The molecule has 0 spiro atoms. The molecule has 1 aliphatic heterocycles. The van der Waals surface area contributed by atoms with E-state index in [9.17, 15) is 9.59 Å². The Morgan fingerprint density at radius 1 is 1.30 bits per heavy atom. The third-order valence-electron chi connectivity index (χ3n) is 3.73. The number of hydrogen-bond acceptors (Lipinski definition) is 4. The van der Waals surface area contributed by atoms with Crippen molar-refractivity contribution in [2.45, 2.75) is 25.4 Å². The fraction of sp³-hybridized carbons (Fsp3) is 0.312. The molecule has 23 heavy (non-hydrogen) atoms. The Balaban J connectivity index is 1.58. The highest BCUT2D eigenvalue weighted by atomic mass is 16.3. The van der Waals surface area contributed by atoms with E-state index in [4.69, 9.17) is 4.42 Å². The van der Waals surface area contributed by atoms with Gasteiger partial charge in [0, 0.05) is 12.7 Å². The number of urea groups is 1. The lowest BCUT2D eigenvalue weighted by molar-refractivity contribution is -0.124. The van der Waals surface area contributed by atoms with Crippen molar-refractivity contribution in [3.63, 3.8) is 0 Å². The molecule has 1 atom stereocenters. The van der Waals surface area contributed by atoms with E-state index in [0.29, 0.717) is 31.1 Å². The number of carbonyl (C=O) groups excluding carboxylic acids is 2. The number of furan rings is 1. The number of anilines is 1. The lowest BCUT2D eigenvalue weighted by atomic mass is 10.2. The maximum absolute atomic E-state index is 12.3. The van der Waals surface area contributed by atoms with Crippen LogP contribution in [0, 0.1) is 0 Å². The van der Waals surface area contributed by atoms with Crippen LogP contribution in [0.1, 0.15) is 18.6 Å². The number of nitrogens with zero attached hydrogens (tertiary/aromatic N) is 2. The van der Waals surface area contributed by atoms with Gasteiger partial charge in [-0.05, 0) is 37.1 Å². The molecule has 0 aliphatic carbocycles. The average molecular weight is 314 g/mol. The van der Waals surface area contributed by atoms with Crippen molar-refractivity contribution in [2.75, 3.05) is 11.9 Å². The van der Waals surface area contributed by atoms with Crippen LogP contribution in [-0.4, -0.2) is 34.4 Å². The summed E-state index contributed by atoms with van der Waals surface area (Å²) in [5, 5.41) is 5.52. The van der Waals surface area contributed by atoms with Crippen molar-refractivity contribution in [3.05, 3.63) is 48.6 Å². The summed E-state index contributed by atoms with van der Waals surface area (Å²) >= 11 is 0. The first-order valence-electron chi connectivity index (χ1n) is 7.53. The van der Waals surface area contributed by atoms with Gasteiger partial charge in [-0.25, -0.2) is 9.78 Å². The molecule has 7 nitrogen and oxygen atoms in total. The Bertz CT molecular complexity index is 657. The molecule has 1 saturated heterocycles. The fourth-order valence-electron chi connectivity index (χ4n) is 2.61. The summed E-state index contributed by atoms with van der Waals surface area (Å²) in [4.78, 5) is 30.3. The predicted octanol–water partition coefficient (Wildman–Crippen LogP) is 1.99. The van der Waals surface area contributed by atoms with Gasteiger partial charge in [-0.3, -0.25) is 10.1 Å². The van der Waals surface area contributed by atoms with Crippen molar-refractivity contribution in [3.8, 4) is 0 Å². The van der Waals surface area contributed by atoms with Crippen LogP contribution in [-0.2, 0) is 11.3 Å². The Labute approximate surface area is 133 Å². The maximum Gasteiger partial charge on any atom is 0.323 e. The van der Waals surface area contributed by atoms with Crippen LogP contribution in [0.5, 0.6) is 0 Å². The molecule has 3 amide bonds. The lowest BCUT2D eigenvalue weighted by Gasteiger charge is -2.23. The summed E-state index contributed by atoms with van der Waals surface area (Å²) in [6, 6.07) is 8.06. The average Bonchev–Trinajstić information content (AvgIpc) is 3.25. The minimum atomic E-state index is -0.464. The summed E-state index contributed by atoms with van der Waals surface area (Å²) in [6.07, 6.45) is 4.62. The zero-order valence-electron chi connectivity index (χ0n) is 12.6. The predicted molar refractivity (Wildman–Crippen MR) is 83.5 cm³/mol. The van der Waals surface area contributed by atoms with Gasteiger partial charge in [0.1, 0.15) is 17.6 Å². The molecule has 0 aromatic carbocycles. The molecule has 0 bridgehead atoms. The quantitative estimate of drug-likeness (QED) is 0.903. The number of hydrogen-bond donors (Lipinski definition) is 2. The van der Waals surface area contributed by atoms with Crippen LogP contribution >= 0.6 is 0 Å². The topological polar surface area (TPSA) is 87.5 Å². The Morgan fingerprint density at radius 3 is 2.96 bits per heavy atom. The molecule has 0 saturated carbocycles. The summed E-state index contributed by atoms with van der Waals surface area (Å²) < 4.78 is 5.18. The van der Waals surface area contributed by atoms with Gasteiger partial charge in [-0.15, -0.1) is 0 Å². The molecule has 3 rings (SSSR count). The Morgan fingerprint density at radius 2 is 2.22 bits per heavy atom. The van der Waals surface area contributed by atoms with Crippen LogP contribution in [0.3, 0.4) is 0 Å². The van der Waals surface area contributed by atoms with E-state index in [2.05, 4.69) is 15.6 Å². The minimum absolute atomic E-state index is 0.171. The van der Waals surface area contributed by atoms with E-state index >= 15 is 0 Å². The van der Waals surface area contributed by atoms with Crippen molar-refractivity contribution in [1.82, 2.24) is 15.2 Å². The van der Waals surface area contributed by atoms with Gasteiger partial charge in [0.2, 0.25) is 5.91 Å². The molecule has 120 valence electrons. The van der Waals surface area contributed by atoms with Crippen molar-refractivity contribution in [1.29, 1.82) is 0 Å². The van der Waals surface area contributed by atoms with E-state index in [1.807, 2.05) is 0 Å². The SMILES string of the molecule is O=C(NCc1ccco1)C1CCCN1C(=O)Nc1ccccn1. The molecule has 2 aromatic rings. The highest BCUT2D eigenvalue weighted by Gasteiger charge is 2.34. The first kappa shape index (κ1) is 15.1. The molecule has 2 aromatic heterocycles. The summed E-state index contributed by atoms with van der Waals surface area (Å²) in [6.45, 7) is 0.871. The Hall–Kier alpha value is -2.83. The molecule has 1 aliphatic rings. The summed E-state index contributed by atoms with van der Waals surface area (Å²) in [5.74, 6) is 0.982. The zero-order chi connectivity index (χ0) is 16.1. The standard InChI is InChI=1S/C16H18N4O3/c21-15(18-11-12-5-4-10-23-12)13-6-3-9-20(13)16(22)19-14-7-1-2-8-17-14/h1-2,4-5,7-8,10,13H,3,6,9,11H2,(H,18,21)(H,17,19,22). The van der Waals surface area contributed by atoms with Crippen LogP contribution < -0.4 is 10.6 Å². The summed E-state index contributed by atoms with van der Waals surface area (Å²) in [7, 11) is 0. The number of amides is 3. The third kappa shape index (κ3) is 3.68. The van der Waals surface area contributed by atoms with Crippen molar-refractivity contribution < 1.29 is 14.0 Å². The number of pyridine rings is 1. The van der Waals surface area contributed by atoms with Crippen LogP contribution in [0.4, 0.5) is 10.6 Å². The molecular formula is C16H18N4O3.